The number of hydrogen-bond donors (Lipinski definition) is 1. The van der Waals surface area contributed by atoms with Crippen molar-refractivity contribution in [2.75, 3.05) is 0 Å². The van der Waals surface area contributed by atoms with Crippen LogP contribution < -0.4 is 4.72 Å². The Balaban J connectivity index is 2.32. The largest absolute Gasteiger partial charge is 0.360 e. The molecule has 1 atom stereocenters. The molecule has 1 heterocycles. The van der Waals surface area contributed by atoms with Gasteiger partial charge in [0.25, 0.3) is 0 Å². The van der Waals surface area contributed by atoms with Crippen LogP contribution in [-0.2, 0) is 10.0 Å². The first kappa shape index (κ1) is 15.7. The Morgan fingerprint density at radius 2 is 1.86 bits per heavy atom. The van der Waals surface area contributed by atoms with Gasteiger partial charge in [-0.3, -0.25) is 0 Å². The molecule has 2 aromatic rings. The Hall–Kier alpha value is -1.66. The van der Waals surface area contributed by atoms with Gasteiger partial charge in [0.05, 0.1) is 0 Å². The average Bonchev–Trinajstić information content (AvgIpc) is 2.68. The van der Waals surface area contributed by atoms with Crippen LogP contribution in [0.2, 0.25) is 0 Å². The quantitative estimate of drug-likeness (QED) is 0.942. The molecule has 0 saturated carbocycles. The molecule has 0 bridgehead atoms. The van der Waals surface area contributed by atoms with Crippen LogP contribution in [-0.4, -0.2) is 13.6 Å². The number of hydrogen-bond acceptors (Lipinski definition) is 4. The molecule has 114 valence electrons. The molecule has 0 radical (unpaired) electrons. The van der Waals surface area contributed by atoms with Gasteiger partial charge < -0.3 is 4.52 Å². The minimum atomic E-state index is -3.66. The Morgan fingerprint density at radius 1 is 1.19 bits per heavy atom. The van der Waals surface area contributed by atoms with Gasteiger partial charge in [-0.2, -0.15) is 0 Å². The molecule has 1 N–H and O–H groups in total. The molecule has 1 aromatic carbocycles. The lowest BCUT2D eigenvalue weighted by molar-refractivity contribution is 0.390. The van der Waals surface area contributed by atoms with Gasteiger partial charge >= 0.3 is 0 Å². The molecule has 0 aliphatic carbocycles. The Kier molecular flexibility index (Phi) is 4.20. The highest BCUT2D eigenvalue weighted by Gasteiger charge is 2.26. The molecule has 6 heteroatoms. The van der Waals surface area contributed by atoms with E-state index in [0.29, 0.717) is 11.5 Å². The van der Waals surface area contributed by atoms with Gasteiger partial charge in [0.15, 0.2) is 5.76 Å². The van der Waals surface area contributed by atoms with Crippen molar-refractivity contribution >= 4 is 10.0 Å². The van der Waals surface area contributed by atoms with Gasteiger partial charge in [-0.15, -0.1) is 0 Å². The predicted octanol–water partition coefficient (Wildman–Crippen LogP) is 2.95. The van der Waals surface area contributed by atoms with E-state index in [2.05, 4.69) is 9.88 Å². The molecule has 0 aliphatic heterocycles. The van der Waals surface area contributed by atoms with Gasteiger partial charge in [0.2, 0.25) is 10.0 Å². The maximum absolute atomic E-state index is 12.5. The van der Waals surface area contributed by atoms with Crippen LogP contribution in [0.15, 0.2) is 27.6 Å². The molecule has 5 nitrogen and oxygen atoms in total. The monoisotopic (exact) mass is 308 g/mol. The second-order valence-corrected chi connectivity index (χ2v) is 7.01. The summed E-state index contributed by atoms with van der Waals surface area (Å²) in [4.78, 5) is 0.124. The normalized spacial score (nSPS) is 13.4. The van der Waals surface area contributed by atoms with Crippen molar-refractivity contribution in [2.24, 2.45) is 0 Å². The minimum Gasteiger partial charge on any atom is -0.360 e. The highest BCUT2D eigenvalue weighted by Crippen LogP contribution is 2.24. The van der Waals surface area contributed by atoms with E-state index in [-0.39, 0.29) is 10.9 Å². The van der Waals surface area contributed by atoms with Gasteiger partial charge in [-0.25, -0.2) is 13.1 Å². The SMILES string of the molecule is Cc1ccc([C@H](C)NS(=O)(=O)c2c(C)noc2C)c(C)c1. The third-order valence-electron chi connectivity index (χ3n) is 3.46. The molecular weight excluding hydrogens is 288 g/mol. The smallest absolute Gasteiger partial charge is 0.246 e. The maximum Gasteiger partial charge on any atom is 0.246 e. The van der Waals surface area contributed by atoms with Crippen molar-refractivity contribution in [3.63, 3.8) is 0 Å². The zero-order valence-electron chi connectivity index (χ0n) is 12.9. The molecule has 0 saturated heterocycles. The fraction of sp³-hybridized carbons (Fsp3) is 0.400. The third kappa shape index (κ3) is 3.16. The van der Waals surface area contributed by atoms with Crippen LogP contribution in [0.25, 0.3) is 0 Å². The van der Waals surface area contributed by atoms with Crippen LogP contribution >= 0.6 is 0 Å². The molecule has 0 unspecified atom stereocenters. The van der Waals surface area contributed by atoms with Crippen LogP contribution in [0, 0.1) is 27.7 Å². The number of sulfonamides is 1. The van der Waals surface area contributed by atoms with E-state index in [4.69, 9.17) is 4.52 Å². The summed E-state index contributed by atoms with van der Waals surface area (Å²) in [6.45, 7) is 9.02. The number of nitrogens with one attached hydrogen (secondary N) is 1. The Labute approximate surface area is 125 Å². The summed E-state index contributed by atoms with van der Waals surface area (Å²) in [5.41, 5.74) is 3.53. The van der Waals surface area contributed by atoms with Gasteiger partial charge in [0, 0.05) is 6.04 Å². The molecule has 2 rings (SSSR count). The second kappa shape index (κ2) is 5.61. The van der Waals surface area contributed by atoms with E-state index >= 15 is 0 Å². The molecule has 0 amide bonds. The maximum atomic E-state index is 12.5. The van der Waals surface area contributed by atoms with Crippen molar-refractivity contribution in [2.45, 2.75) is 45.6 Å². The van der Waals surface area contributed by atoms with Gasteiger partial charge in [-0.1, -0.05) is 28.9 Å². The predicted molar refractivity (Wildman–Crippen MR) is 80.6 cm³/mol. The molecule has 1 aromatic heterocycles. The summed E-state index contributed by atoms with van der Waals surface area (Å²) >= 11 is 0. The van der Waals surface area contributed by atoms with Crippen molar-refractivity contribution < 1.29 is 12.9 Å². The zero-order valence-corrected chi connectivity index (χ0v) is 13.7. The topological polar surface area (TPSA) is 72.2 Å². The number of aromatic nitrogens is 1. The van der Waals surface area contributed by atoms with Crippen LogP contribution in [0.4, 0.5) is 0 Å². The summed E-state index contributed by atoms with van der Waals surface area (Å²) in [6, 6.07) is 5.63. The molecule has 0 spiro atoms. The number of nitrogens with zero attached hydrogens (tertiary/aromatic N) is 1. The minimum absolute atomic E-state index is 0.124. The lowest BCUT2D eigenvalue weighted by Crippen LogP contribution is -2.28. The lowest BCUT2D eigenvalue weighted by atomic mass is 10.0. The number of rotatable bonds is 4. The van der Waals surface area contributed by atoms with Crippen LogP contribution in [0.5, 0.6) is 0 Å². The van der Waals surface area contributed by atoms with E-state index in [9.17, 15) is 8.42 Å². The molecular formula is C15H20N2O3S. The van der Waals surface area contributed by atoms with E-state index in [0.717, 1.165) is 16.7 Å². The van der Waals surface area contributed by atoms with Crippen molar-refractivity contribution in [3.05, 3.63) is 46.3 Å². The first-order valence-electron chi connectivity index (χ1n) is 6.74. The summed E-state index contributed by atoms with van der Waals surface area (Å²) in [7, 11) is -3.66. The molecule has 21 heavy (non-hydrogen) atoms. The standard InChI is InChI=1S/C15H20N2O3S/c1-9-6-7-14(10(2)8-9)11(3)17-21(18,19)15-12(4)16-20-13(15)5/h6-8,11,17H,1-5H3/t11-/m0/s1. The first-order valence-corrected chi connectivity index (χ1v) is 8.23. The molecule has 0 fully saturated rings. The van der Waals surface area contributed by atoms with Crippen molar-refractivity contribution in [3.8, 4) is 0 Å². The Bertz CT molecular complexity index is 744. The van der Waals surface area contributed by atoms with Crippen LogP contribution in [0.1, 0.15) is 41.1 Å². The number of benzene rings is 1. The van der Waals surface area contributed by atoms with E-state index in [1.54, 1.807) is 13.8 Å². The van der Waals surface area contributed by atoms with Crippen molar-refractivity contribution in [1.29, 1.82) is 0 Å². The van der Waals surface area contributed by atoms with Gasteiger partial charge in [0.1, 0.15) is 10.6 Å². The fourth-order valence-electron chi connectivity index (χ4n) is 2.52. The highest BCUT2D eigenvalue weighted by molar-refractivity contribution is 7.89. The first-order chi connectivity index (χ1) is 9.72. The zero-order chi connectivity index (χ0) is 15.8. The highest BCUT2D eigenvalue weighted by atomic mass is 32.2. The second-order valence-electron chi connectivity index (χ2n) is 5.36. The Morgan fingerprint density at radius 3 is 2.38 bits per heavy atom. The van der Waals surface area contributed by atoms with E-state index in [1.807, 2.05) is 39.0 Å². The fourth-order valence-corrected chi connectivity index (χ4v) is 4.08. The van der Waals surface area contributed by atoms with E-state index < -0.39 is 10.0 Å². The summed E-state index contributed by atoms with van der Waals surface area (Å²) < 4.78 is 32.6. The van der Waals surface area contributed by atoms with Crippen LogP contribution in [0.3, 0.4) is 0 Å². The van der Waals surface area contributed by atoms with E-state index in [1.165, 1.54) is 0 Å². The van der Waals surface area contributed by atoms with Crippen molar-refractivity contribution in [1.82, 2.24) is 9.88 Å². The number of aryl methyl sites for hydroxylation is 4. The molecule has 0 aliphatic rings. The average molecular weight is 308 g/mol. The summed E-state index contributed by atoms with van der Waals surface area (Å²) in [5, 5.41) is 3.70. The van der Waals surface area contributed by atoms with Gasteiger partial charge in [-0.05, 0) is 45.7 Å². The summed E-state index contributed by atoms with van der Waals surface area (Å²) in [5.74, 6) is 0.299. The lowest BCUT2D eigenvalue weighted by Gasteiger charge is -2.17. The summed E-state index contributed by atoms with van der Waals surface area (Å²) in [6.07, 6.45) is 0. The third-order valence-corrected chi connectivity index (χ3v) is 5.24.